The number of nitrogens with zero attached hydrogens (tertiary/aromatic N) is 4. The summed E-state index contributed by atoms with van der Waals surface area (Å²) in [5.74, 6) is 2.37. The Morgan fingerprint density at radius 3 is 2.55 bits per heavy atom. The van der Waals surface area contributed by atoms with Gasteiger partial charge < -0.3 is 19.8 Å². The van der Waals surface area contributed by atoms with Crippen LogP contribution in [0.4, 0.5) is 14.6 Å². The Kier molecular flexibility index (Phi) is 5.34. The third-order valence-corrected chi connectivity index (χ3v) is 6.88. The van der Waals surface area contributed by atoms with Gasteiger partial charge in [-0.1, -0.05) is 13.8 Å². The van der Waals surface area contributed by atoms with Gasteiger partial charge in [0.25, 0.3) is 0 Å². The van der Waals surface area contributed by atoms with Gasteiger partial charge in [-0.05, 0) is 30.7 Å². The van der Waals surface area contributed by atoms with Crippen molar-refractivity contribution in [1.29, 1.82) is 0 Å². The number of halogens is 2. The summed E-state index contributed by atoms with van der Waals surface area (Å²) in [6, 6.07) is 2.60. The second-order valence-corrected chi connectivity index (χ2v) is 9.15. The molecule has 1 aliphatic carbocycles. The molecule has 1 saturated carbocycles. The number of alkyl halides is 2. The Morgan fingerprint density at radius 1 is 1.19 bits per heavy atom. The van der Waals surface area contributed by atoms with Crippen LogP contribution in [-0.2, 0) is 4.74 Å². The van der Waals surface area contributed by atoms with E-state index >= 15 is 0 Å². The molecule has 2 aromatic rings. The van der Waals surface area contributed by atoms with Gasteiger partial charge in [0.2, 0.25) is 0 Å². The number of fused-ring (bicyclic) bond motifs is 1. The molecule has 3 aliphatic rings. The molecule has 7 nitrogen and oxygen atoms in total. The fraction of sp³-hybridized carbons (Fsp3) is 0.636. The lowest BCUT2D eigenvalue weighted by atomic mass is 10.1. The first-order valence-electron chi connectivity index (χ1n) is 11.0. The summed E-state index contributed by atoms with van der Waals surface area (Å²) in [6.45, 7) is 5.29. The summed E-state index contributed by atoms with van der Waals surface area (Å²) in [5.41, 5.74) is 7.02. The zero-order valence-electron chi connectivity index (χ0n) is 17.9. The van der Waals surface area contributed by atoms with Gasteiger partial charge in [-0.2, -0.15) is 8.78 Å². The van der Waals surface area contributed by atoms with Crippen LogP contribution in [0.1, 0.15) is 44.5 Å². The van der Waals surface area contributed by atoms with Crippen molar-refractivity contribution in [2.45, 2.75) is 51.3 Å². The molecule has 1 unspecified atom stereocenters. The molecule has 2 N–H and O–H groups in total. The molecule has 0 spiro atoms. The molecule has 4 heterocycles. The summed E-state index contributed by atoms with van der Waals surface area (Å²) >= 11 is 0. The zero-order chi connectivity index (χ0) is 21.7. The molecule has 31 heavy (non-hydrogen) atoms. The minimum atomic E-state index is -2.95. The Hall–Kier alpha value is -2.26. The van der Waals surface area contributed by atoms with Crippen molar-refractivity contribution in [2.24, 2.45) is 11.8 Å². The van der Waals surface area contributed by atoms with Crippen molar-refractivity contribution >= 4 is 5.82 Å². The molecule has 0 amide bonds. The predicted molar refractivity (Wildman–Crippen MR) is 112 cm³/mol. The monoisotopic (exact) mass is 433 g/mol. The molecule has 3 fully saturated rings. The number of imidazole rings is 1. The highest BCUT2D eigenvalue weighted by Crippen LogP contribution is 2.57. The lowest BCUT2D eigenvalue weighted by Gasteiger charge is -2.32. The highest BCUT2D eigenvalue weighted by molar-refractivity contribution is 5.64. The molecular formula is C22H29F2N5O2. The van der Waals surface area contributed by atoms with E-state index in [1.165, 1.54) is 6.07 Å². The fourth-order valence-corrected chi connectivity index (χ4v) is 5.29. The Balaban J connectivity index is 1.36. The second kappa shape index (κ2) is 8.02. The minimum absolute atomic E-state index is 0.0579. The average molecular weight is 434 g/mol. The Labute approximate surface area is 180 Å². The smallest absolute Gasteiger partial charge is 0.387 e. The number of pyridine rings is 1. The topological polar surface area (TPSA) is 78.4 Å². The molecule has 168 valence electrons. The van der Waals surface area contributed by atoms with E-state index in [1.54, 1.807) is 6.20 Å². The summed E-state index contributed by atoms with van der Waals surface area (Å²) in [7, 11) is 0. The number of nitrogen functional groups attached to an aromatic ring is 1. The molecular weight excluding hydrogens is 404 g/mol. The third-order valence-electron chi connectivity index (χ3n) is 6.88. The summed E-state index contributed by atoms with van der Waals surface area (Å²) in [4.78, 5) is 11.5. The van der Waals surface area contributed by atoms with E-state index in [1.807, 2.05) is 6.20 Å². The summed E-state index contributed by atoms with van der Waals surface area (Å²) < 4.78 is 37.7. The van der Waals surface area contributed by atoms with Crippen molar-refractivity contribution < 1.29 is 18.3 Å². The van der Waals surface area contributed by atoms with Crippen LogP contribution >= 0.6 is 0 Å². The standard InChI is InChI=1S/C22H29F2N5O2/c1-12(2)21-27-17(13-7-18(31-22(23)24)20(25)26-8-13)11-29(21)19-15-9-28(10-16(15)19)14-3-5-30-6-4-14/h7-8,11-12,14-16,19,22H,3-6,9-10H2,1-2H3,(H2,25,26)/t15-,16+,19?. The van der Waals surface area contributed by atoms with Crippen LogP contribution in [0, 0.1) is 11.8 Å². The highest BCUT2D eigenvalue weighted by atomic mass is 19.3. The van der Waals surface area contributed by atoms with Crippen molar-refractivity contribution in [2.75, 3.05) is 32.0 Å². The maximum Gasteiger partial charge on any atom is 0.387 e. The fourth-order valence-electron chi connectivity index (χ4n) is 5.29. The molecule has 2 saturated heterocycles. The number of anilines is 1. The van der Waals surface area contributed by atoms with Crippen molar-refractivity contribution in [1.82, 2.24) is 19.4 Å². The van der Waals surface area contributed by atoms with E-state index in [9.17, 15) is 8.78 Å². The van der Waals surface area contributed by atoms with Crippen molar-refractivity contribution in [3.05, 3.63) is 24.3 Å². The Bertz CT molecular complexity index is 932. The van der Waals surface area contributed by atoms with Crippen molar-refractivity contribution in [3.8, 4) is 17.0 Å². The van der Waals surface area contributed by atoms with E-state index in [0.29, 0.717) is 35.2 Å². The Morgan fingerprint density at radius 2 is 1.90 bits per heavy atom. The molecule has 0 aromatic carbocycles. The van der Waals surface area contributed by atoms with Gasteiger partial charge in [0.15, 0.2) is 11.6 Å². The second-order valence-electron chi connectivity index (χ2n) is 9.15. The zero-order valence-corrected chi connectivity index (χ0v) is 17.9. The van der Waals surface area contributed by atoms with E-state index in [0.717, 1.165) is 45.0 Å². The van der Waals surface area contributed by atoms with Crippen LogP contribution in [0.15, 0.2) is 18.5 Å². The molecule has 5 rings (SSSR count). The number of hydrogen-bond acceptors (Lipinski definition) is 6. The molecule has 0 bridgehead atoms. The lowest BCUT2D eigenvalue weighted by molar-refractivity contribution is -0.0494. The molecule has 9 heteroatoms. The maximum absolute atomic E-state index is 12.7. The number of ether oxygens (including phenoxy) is 2. The highest BCUT2D eigenvalue weighted by Gasteiger charge is 2.58. The van der Waals surface area contributed by atoms with E-state index < -0.39 is 6.61 Å². The maximum atomic E-state index is 12.7. The summed E-state index contributed by atoms with van der Waals surface area (Å²) in [6.07, 6.45) is 5.86. The van der Waals surface area contributed by atoms with Gasteiger partial charge in [0, 0.05) is 62.3 Å². The van der Waals surface area contributed by atoms with E-state index in [-0.39, 0.29) is 17.5 Å². The van der Waals surface area contributed by atoms with Crippen molar-refractivity contribution in [3.63, 3.8) is 0 Å². The van der Waals surface area contributed by atoms with Crippen LogP contribution in [0.3, 0.4) is 0 Å². The number of likely N-dealkylation sites (tertiary alicyclic amines) is 1. The average Bonchev–Trinajstić information content (AvgIpc) is 3.10. The van der Waals surface area contributed by atoms with Crippen LogP contribution in [0.5, 0.6) is 5.75 Å². The van der Waals surface area contributed by atoms with Gasteiger partial charge in [0.05, 0.1) is 5.69 Å². The molecule has 2 aliphatic heterocycles. The van der Waals surface area contributed by atoms with E-state index in [2.05, 4.69) is 33.0 Å². The van der Waals surface area contributed by atoms with E-state index in [4.69, 9.17) is 15.5 Å². The van der Waals surface area contributed by atoms with Gasteiger partial charge >= 0.3 is 6.61 Å². The quantitative estimate of drug-likeness (QED) is 0.751. The first kappa shape index (κ1) is 20.6. The van der Waals surface area contributed by atoms with Crippen LogP contribution in [0.25, 0.3) is 11.3 Å². The number of hydrogen-bond donors (Lipinski definition) is 1. The lowest BCUT2D eigenvalue weighted by Crippen LogP contribution is -2.39. The number of nitrogens with two attached hydrogens (primary N) is 1. The SMILES string of the molecule is CC(C)c1nc(-c2cnc(N)c(OC(F)F)c2)cn1C1[C@H]2CN(C3CCOCC3)C[C@@H]12. The molecule has 2 aromatic heterocycles. The van der Waals surface area contributed by atoms with Gasteiger partial charge in [-0.3, -0.25) is 4.90 Å². The largest absolute Gasteiger partial charge is 0.431 e. The van der Waals surface area contributed by atoms with Crippen LogP contribution in [0.2, 0.25) is 0 Å². The third kappa shape index (κ3) is 3.89. The molecule has 3 atom stereocenters. The minimum Gasteiger partial charge on any atom is -0.431 e. The van der Waals surface area contributed by atoms with Gasteiger partial charge in [-0.25, -0.2) is 9.97 Å². The van der Waals surface area contributed by atoms with Gasteiger partial charge in [0.1, 0.15) is 5.82 Å². The summed E-state index contributed by atoms with van der Waals surface area (Å²) in [5, 5.41) is 0. The predicted octanol–water partition coefficient (Wildman–Crippen LogP) is 3.53. The molecule has 0 radical (unpaired) electrons. The first-order valence-corrected chi connectivity index (χ1v) is 11.0. The normalized spacial score (nSPS) is 26.6. The number of rotatable bonds is 6. The number of aromatic nitrogens is 3. The van der Waals surface area contributed by atoms with Gasteiger partial charge in [-0.15, -0.1) is 0 Å². The number of piperidine rings is 1. The van der Waals surface area contributed by atoms with Crippen LogP contribution < -0.4 is 10.5 Å². The first-order chi connectivity index (χ1) is 14.9. The van der Waals surface area contributed by atoms with Crippen LogP contribution in [-0.4, -0.2) is 58.4 Å².